The van der Waals surface area contributed by atoms with Crippen molar-refractivity contribution >= 4 is 28.5 Å². The van der Waals surface area contributed by atoms with E-state index in [0.717, 1.165) is 28.6 Å². The lowest BCUT2D eigenvalue weighted by molar-refractivity contribution is 0.0526. The minimum atomic E-state index is -0.335. The van der Waals surface area contributed by atoms with Crippen molar-refractivity contribution in [2.45, 2.75) is 27.2 Å². The molecule has 128 valence electrons. The highest BCUT2D eigenvalue weighted by atomic mass is 16.5. The molecule has 0 aliphatic rings. The summed E-state index contributed by atoms with van der Waals surface area (Å²) in [4.78, 5) is 21.0. The van der Waals surface area contributed by atoms with Gasteiger partial charge in [-0.25, -0.2) is 14.8 Å². The number of hydrogen-bond acceptors (Lipinski definition) is 5. The number of fused-ring (bicyclic) bond motifs is 1. The van der Waals surface area contributed by atoms with Crippen molar-refractivity contribution in [3.63, 3.8) is 0 Å². The summed E-state index contributed by atoms with van der Waals surface area (Å²) >= 11 is 0. The molecule has 3 aromatic rings. The topological polar surface area (TPSA) is 64.1 Å². The van der Waals surface area contributed by atoms with Crippen LogP contribution in [0, 0.1) is 6.92 Å². The van der Waals surface area contributed by atoms with Gasteiger partial charge >= 0.3 is 5.97 Å². The van der Waals surface area contributed by atoms with Gasteiger partial charge in [-0.2, -0.15) is 0 Å². The van der Waals surface area contributed by atoms with E-state index in [9.17, 15) is 4.79 Å². The molecule has 0 atom stereocenters. The number of benzene rings is 2. The predicted molar refractivity (Wildman–Crippen MR) is 99.3 cm³/mol. The summed E-state index contributed by atoms with van der Waals surface area (Å²) in [6.45, 7) is 6.22. The highest BCUT2D eigenvalue weighted by Gasteiger charge is 2.10. The number of aromatic nitrogens is 2. The molecule has 3 rings (SSSR count). The molecule has 1 N–H and O–H groups in total. The van der Waals surface area contributed by atoms with E-state index in [4.69, 9.17) is 4.74 Å². The summed E-state index contributed by atoms with van der Waals surface area (Å²) in [6, 6.07) is 11.5. The van der Waals surface area contributed by atoms with Gasteiger partial charge in [0.05, 0.1) is 17.7 Å². The molecule has 0 amide bonds. The van der Waals surface area contributed by atoms with Crippen LogP contribution in [0.25, 0.3) is 10.9 Å². The van der Waals surface area contributed by atoms with Crippen molar-refractivity contribution < 1.29 is 9.53 Å². The summed E-state index contributed by atoms with van der Waals surface area (Å²) < 4.78 is 5.06. The van der Waals surface area contributed by atoms with E-state index in [2.05, 4.69) is 28.3 Å². The van der Waals surface area contributed by atoms with Crippen molar-refractivity contribution in [3.8, 4) is 0 Å². The molecule has 0 bridgehead atoms. The standard InChI is InChI=1S/C20H21N3O2/c1-4-14-7-6-8-16-12-21-20(23-18(14)16)22-17-11-15(10-9-13(17)3)19(24)25-5-2/h6-12H,4-5H2,1-3H3,(H,21,22,23). The monoisotopic (exact) mass is 335 g/mol. The number of esters is 1. The van der Waals surface area contributed by atoms with Crippen molar-refractivity contribution in [2.75, 3.05) is 11.9 Å². The van der Waals surface area contributed by atoms with Crippen molar-refractivity contribution in [3.05, 3.63) is 59.3 Å². The van der Waals surface area contributed by atoms with Crippen LogP contribution in [-0.4, -0.2) is 22.5 Å². The molecular weight excluding hydrogens is 314 g/mol. The first kappa shape index (κ1) is 16.9. The Morgan fingerprint density at radius 2 is 2.04 bits per heavy atom. The van der Waals surface area contributed by atoms with Gasteiger partial charge in [0.1, 0.15) is 0 Å². The van der Waals surface area contributed by atoms with E-state index in [1.165, 1.54) is 5.56 Å². The number of rotatable bonds is 5. The van der Waals surface area contributed by atoms with Crippen LogP contribution in [0.15, 0.2) is 42.6 Å². The number of hydrogen-bond donors (Lipinski definition) is 1. The van der Waals surface area contributed by atoms with Gasteiger partial charge < -0.3 is 10.1 Å². The first-order valence-electron chi connectivity index (χ1n) is 8.41. The second-order valence-electron chi connectivity index (χ2n) is 5.78. The molecule has 0 saturated carbocycles. The first-order valence-corrected chi connectivity index (χ1v) is 8.41. The van der Waals surface area contributed by atoms with Gasteiger partial charge in [0, 0.05) is 17.3 Å². The first-order chi connectivity index (χ1) is 12.1. The highest BCUT2D eigenvalue weighted by Crippen LogP contribution is 2.23. The Morgan fingerprint density at radius 1 is 1.20 bits per heavy atom. The number of aryl methyl sites for hydroxylation is 2. The smallest absolute Gasteiger partial charge is 0.338 e. The number of nitrogens with zero attached hydrogens (tertiary/aromatic N) is 2. The van der Waals surface area contributed by atoms with Gasteiger partial charge in [-0.05, 0) is 43.5 Å². The average Bonchev–Trinajstić information content (AvgIpc) is 2.63. The molecule has 0 aliphatic carbocycles. The van der Waals surface area contributed by atoms with Crippen molar-refractivity contribution in [2.24, 2.45) is 0 Å². The van der Waals surface area contributed by atoms with E-state index >= 15 is 0 Å². The Kier molecular flexibility index (Phi) is 4.93. The van der Waals surface area contributed by atoms with Gasteiger partial charge in [0.2, 0.25) is 5.95 Å². The number of carbonyl (C=O) groups is 1. The Hall–Kier alpha value is -2.95. The third kappa shape index (κ3) is 3.60. The number of para-hydroxylation sites is 1. The highest BCUT2D eigenvalue weighted by molar-refractivity contribution is 5.91. The molecule has 0 unspecified atom stereocenters. The van der Waals surface area contributed by atoms with E-state index in [-0.39, 0.29) is 5.97 Å². The van der Waals surface area contributed by atoms with Crippen molar-refractivity contribution in [1.82, 2.24) is 9.97 Å². The van der Waals surface area contributed by atoms with Crippen LogP contribution in [0.1, 0.15) is 35.3 Å². The molecule has 0 aliphatic heterocycles. The summed E-state index contributed by atoms with van der Waals surface area (Å²) in [7, 11) is 0. The maximum absolute atomic E-state index is 11.9. The average molecular weight is 335 g/mol. The fourth-order valence-corrected chi connectivity index (χ4v) is 2.68. The zero-order chi connectivity index (χ0) is 17.8. The minimum Gasteiger partial charge on any atom is -0.462 e. The maximum Gasteiger partial charge on any atom is 0.338 e. The molecule has 1 aromatic heterocycles. The van der Waals surface area contributed by atoms with Crippen LogP contribution in [0.5, 0.6) is 0 Å². The fraction of sp³-hybridized carbons (Fsp3) is 0.250. The van der Waals surface area contributed by atoms with E-state index in [1.807, 2.05) is 31.3 Å². The van der Waals surface area contributed by atoms with Crippen LogP contribution in [-0.2, 0) is 11.2 Å². The van der Waals surface area contributed by atoms with E-state index in [1.54, 1.807) is 19.1 Å². The zero-order valence-electron chi connectivity index (χ0n) is 14.7. The Labute approximate surface area is 147 Å². The summed E-state index contributed by atoms with van der Waals surface area (Å²) in [5.41, 5.74) is 4.42. The van der Waals surface area contributed by atoms with Gasteiger partial charge in [-0.15, -0.1) is 0 Å². The number of anilines is 2. The second kappa shape index (κ2) is 7.30. The molecule has 0 saturated heterocycles. The van der Waals surface area contributed by atoms with Gasteiger partial charge in [0.15, 0.2) is 0 Å². The van der Waals surface area contributed by atoms with E-state index < -0.39 is 0 Å². The molecule has 1 heterocycles. The van der Waals surface area contributed by atoms with E-state index in [0.29, 0.717) is 18.1 Å². The molecule has 25 heavy (non-hydrogen) atoms. The second-order valence-corrected chi connectivity index (χ2v) is 5.78. The number of nitrogens with one attached hydrogen (secondary N) is 1. The Morgan fingerprint density at radius 3 is 2.80 bits per heavy atom. The van der Waals surface area contributed by atoms with Crippen LogP contribution in [0.3, 0.4) is 0 Å². The molecule has 0 radical (unpaired) electrons. The number of ether oxygens (including phenoxy) is 1. The fourth-order valence-electron chi connectivity index (χ4n) is 2.68. The van der Waals surface area contributed by atoms with Gasteiger partial charge in [0.25, 0.3) is 0 Å². The quantitative estimate of drug-likeness (QED) is 0.699. The normalized spacial score (nSPS) is 10.7. The SMILES string of the molecule is CCOC(=O)c1ccc(C)c(Nc2ncc3cccc(CC)c3n2)c1. The van der Waals surface area contributed by atoms with Crippen LogP contribution in [0.2, 0.25) is 0 Å². The summed E-state index contributed by atoms with van der Waals surface area (Å²) in [6.07, 6.45) is 2.72. The zero-order valence-corrected chi connectivity index (χ0v) is 14.7. The third-order valence-electron chi connectivity index (χ3n) is 4.07. The van der Waals surface area contributed by atoms with Crippen LogP contribution < -0.4 is 5.32 Å². The maximum atomic E-state index is 11.9. The third-order valence-corrected chi connectivity index (χ3v) is 4.07. The molecule has 2 aromatic carbocycles. The van der Waals surface area contributed by atoms with Gasteiger partial charge in [-0.1, -0.05) is 31.2 Å². The lowest BCUT2D eigenvalue weighted by Crippen LogP contribution is -2.06. The molecule has 0 spiro atoms. The molecule has 0 fully saturated rings. The predicted octanol–water partition coefficient (Wildman–Crippen LogP) is 4.42. The van der Waals surface area contributed by atoms with Crippen LogP contribution >= 0.6 is 0 Å². The summed E-state index contributed by atoms with van der Waals surface area (Å²) in [5.74, 6) is 0.177. The number of carbonyl (C=O) groups excluding carboxylic acids is 1. The van der Waals surface area contributed by atoms with Gasteiger partial charge in [-0.3, -0.25) is 0 Å². The minimum absolute atomic E-state index is 0.335. The molecular formula is C20H21N3O2. The largest absolute Gasteiger partial charge is 0.462 e. The van der Waals surface area contributed by atoms with Crippen LogP contribution in [0.4, 0.5) is 11.6 Å². The summed E-state index contributed by atoms with van der Waals surface area (Å²) in [5, 5.41) is 4.24. The Balaban J connectivity index is 1.95. The molecule has 5 heteroatoms. The Bertz CT molecular complexity index is 922. The lowest BCUT2D eigenvalue weighted by Gasteiger charge is -2.11. The lowest BCUT2D eigenvalue weighted by atomic mass is 10.1. The molecule has 5 nitrogen and oxygen atoms in total. The van der Waals surface area contributed by atoms with Crippen molar-refractivity contribution in [1.29, 1.82) is 0 Å².